The Hall–Kier alpha value is -1.56. The molecule has 1 rings (SSSR count). The predicted molar refractivity (Wildman–Crippen MR) is 62.1 cm³/mol. The minimum atomic E-state index is -3.38. The van der Waals surface area contributed by atoms with Gasteiger partial charge in [0.25, 0.3) is 0 Å². The second-order valence-corrected chi connectivity index (χ2v) is 5.60. The van der Waals surface area contributed by atoms with Gasteiger partial charge in [-0.15, -0.1) is 0 Å². The maximum atomic E-state index is 11.5. The van der Waals surface area contributed by atoms with Crippen molar-refractivity contribution in [1.29, 1.82) is 0 Å². The van der Waals surface area contributed by atoms with Crippen molar-refractivity contribution in [3.63, 3.8) is 0 Å². The third kappa shape index (κ3) is 3.45. The number of methoxy groups -OCH3 is 1. The first-order valence-electron chi connectivity index (χ1n) is 4.94. The standard InChI is InChI=1S/C11H14O5S/c1-16-11-8(6-7-10(12)13)4-3-5-9(11)17(2,14)15/h3-5H,6-7H2,1-2H3,(H,12,13). The van der Waals surface area contributed by atoms with Crippen LogP contribution in [0.1, 0.15) is 12.0 Å². The maximum Gasteiger partial charge on any atom is 0.303 e. The van der Waals surface area contributed by atoms with Gasteiger partial charge in [0, 0.05) is 12.7 Å². The summed E-state index contributed by atoms with van der Waals surface area (Å²) in [6.45, 7) is 0. The molecular weight excluding hydrogens is 244 g/mol. The van der Waals surface area contributed by atoms with Crippen LogP contribution in [0.2, 0.25) is 0 Å². The lowest BCUT2D eigenvalue weighted by Gasteiger charge is -2.11. The van der Waals surface area contributed by atoms with E-state index in [1.807, 2.05) is 0 Å². The number of carbonyl (C=O) groups is 1. The third-order valence-corrected chi connectivity index (χ3v) is 3.39. The highest BCUT2D eigenvalue weighted by molar-refractivity contribution is 7.90. The Labute approximate surface area is 100.0 Å². The predicted octanol–water partition coefficient (Wildman–Crippen LogP) is 1.12. The Morgan fingerprint density at radius 1 is 1.41 bits per heavy atom. The van der Waals surface area contributed by atoms with Crippen molar-refractivity contribution in [1.82, 2.24) is 0 Å². The van der Waals surface area contributed by atoms with Gasteiger partial charge in [-0.1, -0.05) is 12.1 Å². The number of sulfone groups is 1. The lowest BCUT2D eigenvalue weighted by Crippen LogP contribution is -2.05. The van der Waals surface area contributed by atoms with Crippen LogP contribution in [0.15, 0.2) is 23.1 Å². The number of para-hydroxylation sites is 1. The van der Waals surface area contributed by atoms with Gasteiger partial charge >= 0.3 is 5.97 Å². The van der Waals surface area contributed by atoms with Crippen LogP contribution < -0.4 is 4.74 Å². The van der Waals surface area contributed by atoms with Crippen LogP contribution in [0, 0.1) is 0 Å². The van der Waals surface area contributed by atoms with E-state index in [9.17, 15) is 13.2 Å². The van der Waals surface area contributed by atoms with Gasteiger partial charge in [-0.05, 0) is 18.1 Å². The molecule has 0 saturated carbocycles. The number of rotatable bonds is 5. The average Bonchev–Trinajstić information content (AvgIpc) is 2.24. The molecule has 0 saturated heterocycles. The average molecular weight is 258 g/mol. The van der Waals surface area contributed by atoms with Gasteiger partial charge in [-0.25, -0.2) is 8.42 Å². The molecule has 0 fully saturated rings. The van der Waals surface area contributed by atoms with Crippen LogP contribution in [-0.2, 0) is 21.1 Å². The zero-order valence-corrected chi connectivity index (χ0v) is 10.5. The van der Waals surface area contributed by atoms with E-state index < -0.39 is 15.8 Å². The van der Waals surface area contributed by atoms with Crippen molar-refractivity contribution in [3.8, 4) is 5.75 Å². The summed E-state index contributed by atoms with van der Waals surface area (Å²) in [4.78, 5) is 10.6. The Morgan fingerprint density at radius 3 is 2.53 bits per heavy atom. The largest absolute Gasteiger partial charge is 0.495 e. The lowest BCUT2D eigenvalue weighted by molar-refractivity contribution is -0.136. The molecule has 1 aromatic rings. The Kier molecular flexibility index (Phi) is 4.11. The molecule has 0 atom stereocenters. The molecule has 6 heteroatoms. The van der Waals surface area contributed by atoms with Crippen LogP contribution in [0.25, 0.3) is 0 Å². The fraction of sp³-hybridized carbons (Fsp3) is 0.364. The Balaban J connectivity index is 3.19. The molecule has 1 aromatic carbocycles. The number of hydrogen-bond acceptors (Lipinski definition) is 4. The van der Waals surface area contributed by atoms with E-state index in [4.69, 9.17) is 9.84 Å². The van der Waals surface area contributed by atoms with E-state index in [2.05, 4.69) is 0 Å². The van der Waals surface area contributed by atoms with E-state index in [0.717, 1.165) is 6.26 Å². The third-order valence-electron chi connectivity index (χ3n) is 2.27. The number of hydrogen-bond donors (Lipinski definition) is 1. The zero-order valence-electron chi connectivity index (χ0n) is 9.63. The number of carboxylic acid groups (broad SMARTS) is 1. The molecule has 94 valence electrons. The molecule has 0 heterocycles. The van der Waals surface area contributed by atoms with Crippen molar-refractivity contribution in [2.45, 2.75) is 17.7 Å². The van der Waals surface area contributed by atoms with Crippen LogP contribution in [0.5, 0.6) is 5.75 Å². The van der Waals surface area contributed by atoms with Crippen LogP contribution in [-0.4, -0.2) is 32.9 Å². The number of aryl methyl sites for hydroxylation is 1. The van der Waals surface area contributed by atoms with Crippen molar-refractivity contribution in [3.05, 3.63) is 23.8 Å². The van der Waals surface area contributed by atoms with Crippen molar-refractivity contribution < 1.29 is 23.1 Å². The molecule has 0 aliphatic carbocycles. The van der Waals surface area contributed by atoms with Crippen LogP contribution in [0.4, 0.5) is 0 Å². The maximum absolute atomic E-state index is 11.5. The summed E-state index contributed by atoms with van der Waals surface area (Å²) in [6, 6.07) is 4.69. The van der Waals surface area contributed by atoms with Crippen molar-refractivity contribution in [2.75, 3.05) is 13.4 Å². The summed E-state index contributed by atoms with van der Waals surface area (Å²) >= 11 is 0. The summed E-state index contributed by atoms with van der Waals surface area (Å²) in [5.41, 5.74) is 0.581. The topological polar surface area (TPSA) is 80.7 Å². The van der Waals surface area contributed by atoms with E-state index in [0.29, 0.717) is 5.56 Å². The molecule has 0 radical (unpaired) electrons. The van der Waals surface area contributed by atoms with Gasteiger partial charge in [0.15, 0.2) is 9.84 Å². The van der Waals surface area contributed by atoms with Gasteiger partial charge < -0.3 is 9.84 Å². The molecule has 0 aromatic heterocycles. The number of aliphatic carboxylic acids is 1. The second-order valence-electron chi connectivity index (χ2n) is 3.61. The van der Waals surface area contributed by atoms with Crippen molar-refractivity contribution in [2.24, 2.45) is 0 Å². The molecule has 17 heavy (non-hydrogen) atoms. The van der Waals surface area contributed by atoms with E-state index >= 15 is 0 Å². The molecule has 0 aliphatic rings. The molecule has 0 unspecified atom stereocenters. The minimum Gasteiger partial charge on any atom is -0.495 e. The number of ether oxygens (including phenoxy) is 1. The normalized spacial score (nSPS) is 11.2. The van der Waals surface area contributed by atoms with Gasteiger partial charge in [-0.3, -0.25) is 4.79 Å². The molecular formula is C11H14O5S. The van der Waals surface area contributed by atoms with E-state index in [1.165, 1.54) is 13.2 Å². The minimum absolute atomic E-state index is 0.0659. The summed E-state index contributed by atoms with van der Waals surface area (Å²) < 4.78 is 28.1. The van der Waals surface area contributed by atoms with Gasteiger partial charge in [0.2, 0.25) is 0 Å². The fourth-order valence-electron chi connectivity index (χ4n) is 1.52. The smallest absolute Gasteiger partial charge is 0.303 e. The summed E-state index contributed by atoms with van der Waals surface area (Å²) in [5, 5.41) is 8.61. The zero-order chi connectivity index (χ0) is 13.1. The lowest BCUT2D eigenvalue weighted by atomic mass is 10.1. The van der Waals surface area contributed by atoms with Crippen LogP contribution in [0.3, 0.4) is 0 Å². The molecule has 0 bridgehead atoms. The first-order valence-corrected chi connectivity index (χ1v) is 6.83. The van der Waals surface area contributed by atoms with E-state index in [1.54, 1.807) is 12.1 Å². The quantitative estimate of drug-likeness (QED) is 0.855. The van der Waals surface area contributed by atoms with Gasteiger partial charge in [0.05, 0.1) is 7.11 Å². The molecule has 5 nitrogen and oxygen atoms in total. The van der Waals surface area contributed by atoms with Crippen LogP contribution >= 0.6 is 0 Å². The second kappa shape index (κ2) is 5.18. The summed E-state index contributed by atoms with van der Waals surface area (Å²) in [6.07, 6.45) is 1.26. The van der Waals surface area contributed by atoms with Gasteiger partial charge in [-0.2, -0.15) is 0 Å². The molecule has 1 N–H and O–H groups in total. The Bertz CT molecular complexity index is 519. The SMILES string of the molecule is COc1c(CCC(=O)O)cccc1S(C)(=O)=O. The molecule has 0 aliphatic heterocycles. The van der Waals surface area contributed by atoms with Crippen molar-refractivity contribution >= 4 is 15.8 Å². The number of benzene rings is 1. The molecule has 0 amide bonds. The summed E-state index contributed by atoms with van der Waals surface area (Å²) in [7, 11) is -2.01. The fourth-order valence-corrected chi connectivity index (χ4v) is 2.40. The van der Waals surface area contributed by atoms with Gasteiger partial charge in [0.1, 0.15) is 10.6 Å². The summed E-state index contributed by atoms with van der Waals surface area (Å²) in [5.74, 6) is -0.701. The monoisotopic (exact) mass is 258 g/mol. The highest BCUT2D eigenvalue weighted by Gasteiger charge is 2.17. The first kappa shape index (κ1) is 13.5. The molecule has 0 spiro atoms. The van der Waals surface area contributed by atoms with E-state index in [-0.39, 0.29) is 23.5 Å². The first-order chi connectivity index (χ1) is 7.86. The Morgan fingerprint density at radius 2 is 2.06 bits per heavy atom. The highest BCUT2D eigenvalue weighted by Crippen LogP contribution is 2.28. The highest BCUT2D eigenvalue weighted by atomic mass is 32.2. The number of carboxylic acids is 1.